The summed E-state index contributed by atoms with van der Waals surface area (Å²) in [7, 11) is 0. The van der Waals surface area contributed by atoms with Gasteiger partial charge in [-0.15, -0.1) is 0 Å². The molecule has 0 heterocycles. The smallest absolute Gasteiger partial charge is 0.269 e. The summed E-state index contributed by atoms with van der Waals surface area (Å²) >= 11 is 0. The Hall–Kier alpha value is -0.700. The number of hydrogen-bond acceptors (Lipinski definition) is 0. The van der Waals surface area contributed by atoms with Crippen molar-refractivity contribution in [1.29, 1.82) is 0 Å². The molecule has 1 saturated carbocycles. The van der Waals surface area contributed by atoms with Gasteiger partial charge in [-0.25, -0.2) is 35.1 Å². The Kier molecular flexibility index (Phi) is 5.51. The predicted octanol–water partition coefficient (Wildman–Crippen LogP) is 5.31. The third kappa shape index (κ3) is 2.79. The number of hydrogen-bond donors (Lipinski definition) is 0. The van der Waals surface area contributed by atoms with Crippen LogP contribution >= 0.6 is 0 Å². The van der Waals surface area contributed by atoms with Crippen molar-refractivity contribution >= 4 is 0 Å². The van der Waals surface area contributed by atoms with Gasteiger partial charge in [0.1, 0.15) is 24.4 Å². The average Bonchev–Trinajstić information content (AvgIpc) is 2.33. The zero-order valence-corrected chi connectivity index (χ0v) is 12.6. The minimum Gasteiger partial charge on any atom is -0.269 e. The SMILES string of the molecule is CC1(F)CC(C)(F)C(F)(F)C(C)(CF)C(F)(F)C(F)(CF)C1.F. The van der Waals surface area contributed by atoms with E-state index < -0.39 is 60.5 Å². The van der Waals surface area contributed by atoms with Gasteiger partial charge in [-0.3, -0.25) is 9.09 Å². The molecule has 1 rings (SSSR count). The van der Waals surface area contributed by atoms with Gasteiger partial charge >= 0.3 is 0 Å². The molecule has 0 nitrogen and oxygen atoms in total. The first kappa shape index (κ1) is 22.3. The van der Waals surface area contributed by atoms with Crippen LogP contribution in [0.4, 0.5) is 44.2 Å². The molecule has 0 radical (unpaired) electrons. The molecule has 0 aliphatic heterocycles. The maximum atomic E-state index is 14.3. The van der Waals surface area contributed by atoms with E-state index in [0.29, 0.717) is 6.92 Å². The predicted molar refractivity (Wildman–Crippen MR) is 64.6 cm³/mol. The lowest BCUT2D eigenvalue weighted by Gasteiger charge is -2.53. The highest BCUT2D eigenvalue weighted by molar-refractivity contribution is 5.18. The molecule has 4 unspecified atom stereocenters. The van der Waals surface area contributed by atoms with Crippen LogP contribution in [0.15, 0.2) is 0 Å². The van der Waals surface area contributed by atoms with E-state index in [0.717, 1.165) is 0 Å². The molecule has 0 spiro atoms. The van der Waals surface area contributed by atoms with Crippen LogP contribution in [-0.2, 0) is 0 Å². The summed E-state index contributed by atoms with van der Waals surface area (Å²) in [4.78, 5) is 0. The Balaban J connectivity index is 0.00000484. The monoisotopic (exact) mass is 364 g/mol. The summed E-state index contributed by atoms with van der Waals surface area (Å²) in [5.41, 5.74) is -15.6. The minimum absolute atomic E-state index is 0. The normalized spacial score (nSPS) is 46.4. The third-order valence-corrected chi connectivity index (χ3v) is 4.43. The summed E-state index contributed by atoms with van der Waals surface area (Å²) in [5.74, 6) is -10.5. The maximum absolute atomic E-state index is 14.3. The highest BCUT2D eigenvalue weighted by Crippen LogP contribution is 2.63. The Morgan fingerprint density at radius 2 is 1.13 bits per heavy atom. The molecule has 0 aromatic carbocycles. The molecule has 0 N–H and O–H groups in total. The first-order valence-electron chi connectivity index (χ1n) is 6.48. The Morgan fingerprint density at radius 1 is 0.696 bits per heavy atom. The van der Waals surface area contributed by atoms with Gasteiger partial charge in [0, 0.05) is 12.8 Å². The van der Waals surface area contributed by atoms with Crippen LogP contribution in [0.25, 0.3) is 0 Å². The molecule has 1 aliphatic rings. The molecular weight excluding hydrogens is 346 g/mol. The number of alkyl halides is 9. The van der Waals surface area contributed by atoms with Gasteiger partial charge in [0.2, 0.25) is 5.67 Å². The fraction of sp³-hybridized carbons (Fsp3) is 1.00. The average molecular weight is 364 g/mol. The van der Waals surface area contributed by atoms with Crippen molar-refractivity contribution in [2.45, 2.75) is 62.5 Å². The van der Waals surface area contributed by atoms with Gasteiger partial charge < -0.3 is 0 Å². The van der Waals surface area contributed by atoms with E-state index >= 15 is 0 Å². The Morgan fingerprint density at radius 3 is 1.48 bits per heavy atom. The molecule has 140 valence electrons. The standard InChI is InChI=1S/C13H17F9.FH/c1-8(16)4-10(3,17)12(19,20)9(2,6-14)13(21,22)11(18,5-8)7-15;/h4-7H2,1-3H3;1H. The van der Waals surface area contributed by atoms with Crippen LogP contribution in [0.5, 0.6) is 0 Å². The molecule has 10 heteroatoms. The first-order chi connectivity index (χ1) is 9.54. The lowest BCUT2D eigenvalue weighted by atomic mass is 9.61. The van der Waals surface area contributed by atoms with Crippen LogP contribution in [-0.4, -0.2) is 42.2 Å². The first-order valence-corrected chi connectivity index (χ1v) is 6.48. The molecule has 4 atom stereocenters. The maximum Gasteiger partial charge on any atom is 0.297 e. The molecular formula is C13H18F10. The molecule has 23 heavy (non-hydrogen) atoms. The van der Waals surface area contributed by atoms with E-state index in [-0.39, 0.29) is 18.6 Å². The van der Waals surface area contributed by atoms with E-state index in [2.05, 4.69) is 0 Å². The zero-order chi connectivity index (χ0) is 17.8. The molecule has 1 aliphatic carbocycles. The van der Waals surface area contributed by atoms with Crippen LogP contribution in [0.1, 0.15) is 33.6 Å². The van der Waals surface area contributed by atoms with Gasteiger partial charge in [-0.2, -0.15) is 0 Å². The van der Waals surface area contributed by atoms with Crippen molar-refractivity contribution in [3.05, 3.63) is 0 Å². The van der Waals surface area contributed by atoms with Crippen molar-refractivity contribution in [2.24, 2.45) is 5.41 Å². The molecule has 0 aromatic rings. The zero-order valence-electron chi connectivity index (χ0n) is 12.6. The Labute approximate surface area is 126 Å². The van der Waals surface area contributed by atoms with Crippen molar-refractivity contribution < 1.29 is 44.2 Å². The van der Waals surface area contributed by atoms with E-state index in [9.17, 15) is 39.5 Å². The fourth-order valence-corrected chi connectivity index (χ4v) is 3.13. The second-order valence-electron chi connectivity index (χ2n) is 6.68. The van der Waals surface area contributed by atoms with Crippen LogP contribution in [0.2, 0.25) is 0 Å². The van der Waals surface area contributed by atoms with Crippen LogP contribution < -0.4 is 0 Å². The van der Waals surface area contributed by atoms with Crippen molar-refractivity contribution in [1.82, 2.24) is 0 Å². The largest absolute Gasteiger partial charge is 0.297 e. The second-order valence-corrected chi connectivity index (χ2v) is 6.68. The summed E-state index contributed by atoms with van der Waals surface area (Å²) in [5, 5.41) is 0. The van der Waals surface area contributed by atoms with E-state index in [1.807, 2.05) is 0 Å². The van der Waals surface area contributed by atoms with Gasteiger partial charge in [-0.05, 0) is 20.8 Å². The van der Waals surface area contributed by atoms with Crippen LogP contribution in [0, 0.1) is 5.41 Å². The van der Waals surface area contributed by atoms with Gasteiger partial charge in [-0.1, -0.05) is 0 Å². The topological polar surface area (TPSA) is 0 Å². The summed E-state index contributed by atoms with van der Waals surface area (Å²) in [6, 6.07) is 0. The minimum atomic E-state index is -5.34. The third-order valence-electron chi connectivity index (χ3n) is 4.43. The lowest BCUT2D eigenvalue weighted by Crippen LogP contribution is -2.71. The highest BCUT2D eigenvalue weighted by atomic mass is 19.3. The summed E-state index contributed by atoms with van der Waals surface area (Å²) in [6.45, 7) is -4.50. The molecule has 0 bridgehead atoms. The fourth-order valence-electron chi connectivity index (χ4n) is 3.13. The quantitative estimate of drug-likeness (QED) is 0.583. The summed E-state index contributed by atoms with van der Waals surface area (Å²) < 4.78 is 126. The van der Waals surface area contributed by atoms with Gasteiger partial charge in [0.15, 0.2) is 5.67 Å². The van der Waals surface area contributed by atoms with Gasteiger partial charge in [0.05, 0.1) is 0 Å². The molecule has 0 saturated heterocycles. The highest BCUT2D eigenvalue weighted by Gasteiger charge is 2.80. The van der Waals surface area contributed by atoms with Crippen LogP contribution in [0.3, 0.4) is 0 Å². The molecule has 0 aromatic heterocycles. The number of halogens is 10. The van der Waals surface area contributed by atoms with E-state index in [1.54, 1.807) is 0 Å². The molecule has 0 amide bonds. The van der Waals surface area contributed by atoms with Crippen molar-refractivity contribution in [3.8, 4) is 0 Å². The summed E-state index contributed by atoms with van der Waals surface area (Å²) in [6.07, 6.45) is -3.54. The van der Waals surface area contributed by atoms with E-state index in [4.69, 9.17) is 0 Å². The number of rotatable bonds is 2. The van der Waals surface area contributed by atoms with Crippen molar-refractivity contribution in [3.63, 3.8) is 0 Å². The van der Waals surface area contributed by atoms with E-state index in [1.165, 1.54) is 0 Å². The second kappa shape index (κ2) is 5.68. The Bertz CT molecular complexity index is 432. The lowest BCUT2D eigenvalue weighted by molar-refractivity contribution is -0.337. The van der Waals surface area contributed by atoms with Gasteiger partial charge in [0.25, 0.3) is 11.8 Å². The molecule has 1 fully saturated rings. The van der Waals surface area contributed by atoms with Crippen molar-refractivity contribution in [2.75, 3.05) is 13.3 Å².